The normalized spacial score (nSPS) is 16.0. The van der Waals surface area contributed by atoms with Crippen LogP contribution in [0.15, 0.2) is 54.6 Å². The van der Waals surface area contributed by atoms with Crippen molar-refractivity contribution in [1.29, 1.82) is 0 Å². The average Bonchev–Trinajstić information content (AvgIpc) is 3.16. The molecule has 0 spiro atoms. The largest absolute Gasteiger partial charge is 0.342 e. The molecule has 0 aliphatic carbocycles. The minimum atomic E-state index is 0. The molecule has 1 heterocycles. The summed E-state index contributed by atoms with van der Waals surface area (Å²) in [6.07, 6.45) is 1.61. The first-order chi connectivity index (χ1) is 12.7. The second kappa shape index (κ2) is 10.2. The molecule has 0 aromatic heterocycles. The van der Waals surface area contributed by atoms with Crippen molar-refractivity contribution >= 4 is 24.1 Å². The summed E-state index contributed by atoms with van der Waals surface area (Å²) in [6.45, 7) is 2.56. The van der Waals surface area contributed by atoms with Crippen molar-refractivity contribution in [3.63, 3.8) is 0 Å². The van der Waals surface area contributed by atoms with E-state index < -0.39 is 0 Å². The first-order valence-corrected chi connectivity index (χ1v) is 9.28. The molecule has 1 amide bonds. The minimum absolute atomic E-state index is 0. The molecule has 0 saturated carbocycles. The van der Waals surface area contributed by atoms with Gasteiger partial charge in [0.15, 0.2) is 5.78 Å². The van der Waals surface area contributed by atoms with E-state index >= 15 is 0 Å². The van der Waals surface area contributed by atoms with E-state index in [1.165, 1.54) is 0 Å². The molecule has 144 valence electrons. The number of hydrogen-bond acceptors (Lipinski definition) is 3. The number of carbonyl (C=O) groups excluding carboxylic acids is 2. The number of rotatable bonds is 7. The summed E-state index contributed by atoms with van der Waals surface area (Å²) in [5, 5.41) is 3.17. The van der Waals surface area contributed by atoms with Crippen molar-refractivity contribution in [2.24, 2.45) is 5.92 Å². The Balaban J connectivity index is 0.00000261. The van der Waals surface area contributed by atoms with Crippen LogP contribution < -0.4 is 5.32 Å². The van der Waals surface area contributed by atoms with Crippen LogP contribution >= 0.6 is 12.4 Å². The molecule has 27 heavy (non-hydrogen) atoms. The highest BCUT2D eigenvalue weighted by Gasteiger charge is 2.25. The first kappa shape index (κ1) is 21.1. The standard InChI is InChI=1S/C22H26N2O2.ClH/c1-23-15-17-13-14-24(16-17)22(26)12-11-21(25)20-9-7-19(8-10-20)18-5-3-2-4-6-18;/h2-10,17,23H,11-16H2,1H3;1H. The van der Waals surface area contributed by atoms with Gasteiger partial charge in [-0.1, -0.05) is 54.6 Å². The van der Waals surface area contributed by atoms with Gasteiger partial charge in [0.1, 0.15) is 0 Å². The number of nitrogens with zero attached hydrogens (tertiary/aromatic N) is 1. The lowest BCUT2D eigenvalue weighted by atomic mass is 10.0. The van der Waals surface area contributed by atoms with E-state index in [1.54, 1.807) is 0 Å². The summed E-state index contributed by atoms with van der Waals surface area (Å²) in [7, 11) is 1.94. The Morgan fingerprint density at radius 1 is 1.00 bits per heavy atom. The second-order valence-electron chi connectivity index (χ2n) is 6.92. The number of carbonyl (C=O) groups is 2. The van der Waals surface area contributed by atoms with Crippen LogP contribution in [0.3, 0.4) is 0 Å². The number of nitrogens with one attached hydrogen (secondary N) is 1. The Morgan fingerprint density at radius 3 is 2.33 bits per heavy atom. The SMILES string of the molecule is CNCC1CCN(C(=O)CCC(=O)c2ccc(-c3ccccc3)cc2)C1.Cl. The Labute approximate surface area is 167 Å². The number of amides is 1. The fraction of sp³-hybridized carbons (Fsp3) is 0.364. The Hall–Kier alpha value is -2.17. The molecular weight excluding hydrogens is 360 g/mol. The lowest BCUT2D eigenvalue weighted by Gasteiger charge is -2.16. The third-order valence-corrected chi connectivity index (χ3v) is 5.01. The second-order valence-corrected chi connectivity index (χ2v) is 6.92. The topological polar surface area (TPSA) is 49.4 Å². The van der Waals surface area contributed by atoms with Crippen LogP contribution in [0, 0.1) is 5.92 Å². The summed E-state index contributed by atoms with van der Waals surface area (Å²) >= 11 is 0. The third-order valence-electron chi connectivity index (χ3n) is 5.01. The Kier molecular flexibility index (Phi) is 8.01. The molecule has 5 heteroatoms. The van der Waals surface area contributed by atoms with Gasteiger partial charge in [-0.25, -0.2) is 0 Å². The van der Waals surface area contributed by atoms with Crippen LogP contribution in [-0.4, -0.2) is 43.3 Å². The summed E-state index contributed by atoms with van der Waals surface area (Å²) in [5.74, 6) is 0.659. The van der Waals surface area contributed by atoms with Crippen molar-refractivity contribution in [3.8, 4) is 11.1 Å². The average molecular weight is 387 g/mol. The predicted octanol–water partition coefficient (Wildman–Crippen LogP) is 3.81. The summed E-state index contributed by atoms with van der Waals surface area (Å²) in [4.78, 5) is 26.6. The monoisotopic (exact) mass is 386 g/mol. The van der Waals surface area contributed by atoms with E-state index in [9.17, 15) is 9.59 Å². The number of halogens is 1. The number of benzene rings is 2. The van der Waals surface area contributed by atoms with E-state index in [0.717, 1.165) is 37.2 Å². The van der Waals surface area contributed by atoms with Crippen molar-refractivity contribution in [2.75, 3.05) is 26.7 Å². The van der Waals surface area contributed by atoms with Crippen LogP contribution in [-0.2, 0) is 4.79 Å². The summed E-state index contributed by atoms with van der Waals surface area (Å²) < 4.78 is 0. The molecule has 3 rings (SSSR count). The van der Waals surface area contributed by atoms with Crippen molar-refractivity contribution in [1.82, 2.24) is 10.2 Å². The number of likely N-dealkylation sites (tertiary alicyclic amines) is 1. The van der Waals surface area contributed by atoms with Crippen molar-refractivity contribution in [2.45, 2.75) is 19.3 Å². The molecular formula is C22H27ClN2O2. The smallest absolute Gasteiger partial charge is 0.223 e. The zero-order valence-electron chi connectivity index (χ0n) is 15.7. The predicted molar refractivity (Wildman–Crippen MR) is 111 cm³/mol. The highest BCUT2D eigenvalue weighted by Crippen LogP contribution is 2.21. The number of ketones is 1. The van der Waals surface area contributed by atoms with Gasteiger partial charge in [-0.15, -0.1) is 12.4 Å². The lowest BCUT2D eigenvalue weighted by molar-refractivity contribution is -0.130. The van der Waals surface area contributed by atoms with Crippen LogP contribution in [0.25, 0.3) is 11.1 Å². The van der Waals surface area contributed by atoms with Crippen molar-refractivity contribution < 1.29 is 9.59 Å². The number of Topliss-reactive ketones (excluding diaryl/α,β-unsaturated/α-hetero) is 1. The van der Waals surface area contributed by atoms with Crippen LogP contribution in [0.4, 0.5) is 0 Å². The zero-order chi connectivity index (χ0) is 18.4. The molecule has 1 unspecified atom stereocenters. The van der Waals surface area contributed by atoms with Gasteiger partial charge < -0.3 is 10.2 Å². The lowest BCUT2D eigenvalue weighted by Crippen LogP contribution is -2.30. The molecule has 0 radical (unpaired) electrons. The van der Waals surface area contributed by atoms with Gasteiger partial charge >= 0.3 is 0 Å². The van der Waals surface area contributed by atoms with E-state index in [2.05, 4.69) is 5.32 Å². The maximum Gasteiger partial charge on any atom is 0.223 e. The summed E-state index contributed by atoms with van der Waals surface area (Å²) in [5.41, 5.74) is 2.89. The Bertz CT molecular complexity index is 747. The molecule has 1 saturated heterocycles. The maximum atomic E-state index is 12.4. The van der Waals surface area contributed by atoms with Crippen molar-refractivity contribution in [3.05, 3.63) is 60.2 Å². The van der Waals surface area contributed by atoms with Gasteiger partial charge in [-0.05, 0) is 37.1 Å². The van der Waals surface area contributed by atoms with Crippen LogP contribution in [0.2, 0.25) is 0 Å². The van der Waals surface area contributed by atoms with Gasteiger partial charge in [0.2, 0.25) is 5.91 Å². The third kappa shape index (κ3) is 5.65. The molecule has 1 N–H and O–H groups in total. The minimum Gasteiger partial charge on any atom is -0.342 e. The highest BCUT2D eigenvalue weighted by molar-refractivity contribution is 5.98. The molecule has 2 aromatic rings. The molecule has 1 fully saturated rings. The molecule has 1 atom stereocenters. The van der Waals surface area contributed by atoms with Gasteiger partial charge in [0.05, 0.1) is 0 Å². The van der Waals surface area contributed by atoms with Gasteiger partial charge in [-0.2, -0.15) is 0 Å². The molecule has 1 aliphatic rings. The van der Waals surface area contributed by atoms with Crippen LogP contribution in [0.5, 0.6) is 0 Å². The quantitative estimate of drug-likeness (QED) is 0.736. The fourth-order valence-electron chi connectivity index (χ4n) is 3.52. The molecule has 1 aliphatic heterocycles. The zero-order valence-corrected chi connectivity index (χ0v) is 16.5. The van der Waals surface area contributed by atoms with E-state index in [1.807, 2.05) is 66.5 Å². The summed E-state index contributed by atoms with van der Waals surface area (Å²) in [6, 6.07) is 17.7. The maximum absolute atomic E-state index is 12.4. The molecule has 0 bridgehead atoms. The van der Waals surface area contributed by atoms with E-state index in [4.69, 9.17) is 0 Å². The van der Waals surface area contributed by atoms with Crippen LogP contribution in [0.1, 0.15) is 29.6 Å². The van der Waals surface area contributed by atoms with E-state index in [0.29, 0.717) is 17.9 Å². The fourth-order valence-corrected chi connectivity index (χ4v) is 3.52. The first-order valence-electron chi connectivity index (χ1n) is 9.28. The van der Waals surface area contributed by atoms with E-state index in [-0.39, 0.29) is 30.5 Å². The van der Waals surface area contributed by atoms with Gasteiger partial charge in [0.25, 0.3) is 0 Å². The van der Waals surface area contributed by atoms with Gasteiger partial charge in [-0.3, -0.25) is 9.59 Å². The molecule has 4 nitrogen and oxygen atoms in total. The highest BCUT2D eigenvalue weighted by atomic mass is 35.5. The number of hydrogen-bond donors (Lipinski definition) is 1. The van der Waals surface area contributed by atoms with Gasteiger partial charge in [0, 0.05) is 31.5 Å². The molecule has 2 aromatic carbocycles. The Morgan fingerprint density at radius 2 is 1.67 bits per heavy atom.